The van der Waals surface area contributed by atoms with Crippen LogP contribution in [0, 0.1) is 0 Å². The number of nitrogens with zero attached hydrogens (tertiary/aromatic N) is 1. The van der Waals surface area contributed by atoms with Gasteiger partial charge in [-0.15, -0.1) is 0 Å². The third-order valence-corrected chi connectivity index (χ3v) is 1.91. The van der Waals surface area contributed by atoms with Gasteiger partial charge in [-0.25, -0.2) is 4.98 Å². The highest BCUT2D eigenvalue weighted by Gasteiger charge is 2.00. The predicted octanol–water partition coefficient (Wildman–Crippen LogP) is 1.78. The Morgan fingerprint density at radius 1 is 1.73 bits per heavy atom. The molecule has 0 radical (unpaired) electrons. The van der Waals surface area contributed by atoms with Gasteiger partial charge in [-0.3, -0.25) is 4.79 Å². The topological polar surface area (TPSA) is 42.0 Å². The Balaban J connectivity index is 2.65. The molecule has 0 aromatic carbocycles. The summed E-state index contributed by atoms with van der Waals surface area (Å²) in [6, 6.07) is 0.362. The minimum absolute atomic E-state index is 0.362. The van der Waals surface area contributed by atoms with Crippen molar-refractivity contribution in [3.8, 4) is 0 Å². The SMILES string of the molecule is CC(C)Nc1ncc(C=O)s1. The fraction of sp³-hybridized carbons (Fsp3) is 0.429. The number of aromatic nitrogens is 1. The minimum Gasteiger partial charge on any atom is -0.359 e. The van der Waals surface area contributed by atoms with Crippen LogP contribution in [-0.4, -0.2) is 17.3 Å². The van der Waals surface area contributed by atoms with Crippen LogP contribution in [0.2, 0.25) is 0 Å². The molecule has 0 bridgehead atoms. The fourth-order valence-corrected chi connectivity index (χ4v) is 1.43. The second-order valence-electron chi connectivity index (χ2n) is 2.48. The van der Waals surface area contributed by atoms with E-state index >= 15 is 0 Å². The number of hydrogen-bond donors (Lipinski definition) is 1. The summed E-state index contributed by atoms with van der Waals surface area (Å²) in [7, 11) is 0. The van der Waals surface area contributed by atoms with Gasteiger partial charge in [0.2, 0.25) is 0 Å². The maximum Gasteiger partial charge on any atom is 0.183 e. The minimum atomic E-state index is 0.362. The number of aldehydes is 1. The molecule has 0 atom stereocenters. The molecule has 0 saturated heterocycles. The van der Waals surface area contributed by atoms with Crippen LogP contribution in [0.25, 0.3) is 0 Å². The normalized spacial score (nSPS) is 10.1. The van der Waals surface area contributed by atoms with E-state index in [1.807, 2.05) is 13.8 Å². The Bertz CT molecular complexity index is 244. The van der Waals surface area contributed by atoms with E-state index in [0.717, 1.165) is 11.4 Å². The lowest BCUT2D eigenvalue weighted by atomic mass is 10.4. The third kappa shape index (κ3) is 2.31. The Morgan fingerprint density at radius 2 is 2.45 bits per heavy atom. The average Bonchev–Trinajstić information content (AvgIpc) is 2.34. The summed E-state index contributed by atoms with van der Waals surface area (Å²) in [6.45, 7) is 4.06. The van der Waals surface area contributed by atoms with Gasteiger partial charge >= 0.3 is 0 Å². The lowest BCUT2D eigenvalue weighted by Crippen LogP contribution is -2.08. The number of nitrogens with one attached hydrogen (secondary N) is 1. The van der Waals surface area contributed by atoms with E-state index in [2.05, 4.69) is 10.3 Å². The van der Waals surface area contributed by atoms with E-state index in [0.29, 0.717) is 10.9 Å². The van der Waals surface area contributed by atoms with E-state index in [1.54, 1.807) is 6.20 Å². The number of anilines is 1. The van der Waals surface area contributed by atoms with Gasteiger partial charge in [0.15, 0.2) is 11.4 Å². The van der Waals surface area contributed by atoms with Crippen molar-refractivity contribution in [2.24, 2.45) is 0 Å². The monoisotopic (exact) mass is 170 g/mol. The largest absolute Gasteiger partial charge is 0.359 e. The van der Waals surface area contributed by atoms with Crippen molar-refractivity contribution in [3.63, 3.8) is 0 Å². The van der Waals surface area contributed by atoms with Crippen molar-refractivity contribution in [1.29, 1.82) is 0 Å². The van der Waals surface area contributed by atoms with Gasteiger partial charge in [0.1, 0.15) is 0 Å². The summed E-state index contributed by atoms with van der Waals surface area (Å²) in [4.78, 5) is 14.9. The highest BCUT2D eigenvalue weighted by atomic mass is 32.1. The Kier molecular flexibility index (Phi) is 2.59. The molecule has 0 aliphatic rings. The lowest BCUT2D eigenvalue weighted by molar-refractivity contribution is 0.112. The molecule has 4 heteroatoms. The molecule has 3 nitrogen and oxygen atoms in total. The van der Waals surface area contributed by atoms with E-state index in [9.17, 15) is 4.79 Å². The van der Waals surface area contributed by atoms with Crippen molar-refractivity contribution < 1.29 is 4.79 Å². The molecule has 0 aliphatic carbocycles. The second-order valence-corrected chi connectivity index (χ2v) is 3.55. The molecule has 0 amide bonds. The van der Waals surface area contributed by atoms with Crippen LogP contribution in [0.15, 0.2) is 6.20 Å². The lowest BCUT2D eigenvalue weighted by Gasteiger charge is -2.03. The molecule has 0 aliphatic heterocycles. The number of rotatable bonds is 3. The first-order valence-corrected chi connectivity index (χ1v) is 4.21. The van der Waals surface area contributed by atoms with E-state index in [-0.39, 0.29) is 0 Å². The first kappa shape index (κ1) is 8.20. The van der Waals surface area contributed by atoms with Crippen LogP contribution in [-0.2, 0) is 0 Å². The maximum absolute atomic E-state index is 10.2. The van der Waals surface area contributed by atoms with Gasteiger partial charge in [0, 0.05) is 6.04 Å². The third-order valence-electron chi connectivity index (χ3n) is 1.05. The van der Waals surface area contributed by atoms with Crippen LogP contribution in [0.3, 0.4) is 0 Å². The summed E-state index contributed by atoms with van der Waals surface area (Å²) in [6.07, 6.45) is 2.38. The molecule has 1 rings (SSSR count). The highest BCUT2D eigenvalue weighted by Crippen LogP contribution is 2.16. The van der Waals surface area contributed by atoms with Gasteiger partial charge < -0.3 is 5.32 Å². The summed E-state index contributed by atoms with van der Waals surface area (Å²) in [5.74, 6) is 0. The Hall–Kier alpha value is -0.900. The van der Waals surface area contributed by atoms with Crippen molar-refractivity contribution in [3.05, 3.63) is 11.1 Å². The number of hydrogen-bond acceptors (Lipinski definition) is 4. The van der Waals surface area contributed by atoms with Crippen molar-refractivity contribution in [2.75, 3.05) is 5.32 Å². The Morgan fingerprint density at radius 3 is 2.91 bits per heavy atom. The first-order chi connectivity index (χ1) is 5.22. The summed E-state index contributed by atoms with van der Waals surface area (Å²) < 4.78 is 0. The highest BCUT2D eigenvalue weighted by molar-refractivity contribution is 7.17. The molecule has 1 aromatic rings. The van der Waals surface area contributed by atoms with E-state index < -0.39 is 0 Å². The molecule has 0 saturated carbocycles. The number of thiazole rings is 1. The summed E-state index contributed by atoms with van der Waals surface area (Å²) >= 11 is 1.37. The quantitative estimate of drug-likeness (QED) is 0.703. The molecule has 0 unspecified atom stereocenters. The predicted molar refractivity (Wildman–Crippen MR) is 46.3 cm³/mol. The molecular weight excluding hydrogens is 160 g/mol. The van der Waals surface area contributed by atoms with Gasteiger partial charge in [-0.1, -0.05) is 11.3 Å². The van der Waals surface area contributed by atoms with Crippen LogP contribution in [0.5, 0.6) is 0 Å². The van der Waals surface area contributed by atoms with Crippen molar-refractivity contribution in [1.82, 2.24) is 4.98 Å². The van der Waals surface area contributed by atoms with Gasteiger partial charge in [0.25, 0.3) is 0 Å². The second kappa shape index (κ2) is 3.48. The zero-order valence-corrected chi connectivity index (χ0v) is 7.31. The first-order valence-electron chi connectivity index (χ1n) is 3.40. The van der Waals surface area contributed by atoms with Crippen molar-refractivity contribution in [2.45, 2.75) is 19.9 Å². The fourth-order valence-electron chi connectivity index (χ4n) is 0.655. The maximum atomic E-state index is 10.2. The van der Waals surface area contributed by atoms with Gasteiger partial charge in [-0.05, 0) is 13.8 Å². The average molecular weight is 170 g/mol. The van der Waals surface area contributed by atoms with Crippen molar-refractivity contribution >= 4 is 22.8 Å². The molecule has 0 spiro atoms. The van der Waals surface area contributed by atoms with Crippen LogP contribution in [0.4, 0.5) is 5.13 Å². The number of carbonyl (C=O) groups is 1. The molecule has 0 fully saturated rings. The molecule has 1 heterocycles. The van der Waals surface area contributed by atoms with Gasteiger partial charge in [-0.2, -0.15) is 0 Å². The molecule has 1 N–H and O–H groups in total. The summed E-state index contributed by atoms with van der Waals surface area (Å²) in [5, 5.41) is 3.92. The van der Waals surface area contributed by atoms with Crippen LogP contribution in [0.1, 0.15) is 23.5 Å². The molecule has 11 heavy (non-hydrogen) atoms. The van der Waals surface area contributed by atoms with Crippen LogP contribution < -0.4 is 5.32 Å². The van der Waals surface area contributed by atoms with Crippen LogP contribution >= 0.6 is 11.3 Å². The molecule has 1 aromatic heterocycles. The number of carbonyl (C=O) groups excluding carboxylic acids is 1. The van der Waals surface area contributed by atoms with Gasteiger partial charge in [0.05, 0.1) is 11.1 Å². The Labute approximate surface area is 69.5 Å². The molecular formula is C7H10N2OS. The smallest absolute Gasteiger partial charge is 0.183 e. The standard InChI is InChI=1S/C7H10N2OS/c1-5(2)9-7-8-3-6(4-10)11-7/h3-5H,1-2H3,(H,8,9). The zero-order chi connectivity index (χ0) is 8.27. The van der Waals surface area contributed by atoms with E-state index in [4.69, 9.17) is 0 Å². The van der Waals surface area contributed by atoms with E-state index in [1.165, 1.54) is 11.3 Å². The molecule has 60 valence electrons. The zero-order valence-electron chi connectivity index (χ0n) is 6.50. The summed E-state index contributed by atoms with van der Waals surface area (Å²) in [5.41, 5.74) is 0.